The van der Waals surface area contributed by atoms with Crippen molar-refractivity contribution in [3.05, 3.63) is 0 Å². The van der Waals surface area contributed by atoms with Gasteiger partial charge in [0.2, 0.25) is 0 Å². The zero-order valence-corrected chi connectivity index (χ0v) is 9.82. The van der Waals surface area contributed by atoms with Crippen LogP contribution < -0.4 is 5.73 Å². The highest BCUT2D eigenvalue weighted by molar-refractivity contribution is 4.81. The number of ether oxygens (including phenoxy) is 1. The average molecular weight is 212 g/mol. The van der Waals surface area contributed by atoms with E-state index in [2.05, 4.69) is 11.8 Å². The van der Waals surface area contributed by atoms with Gasteiger partial charge in [-0.3, -0.25) is 0 Å². The molecule has 15 heavy (non-hydrogen) atoms. The van der Waals surface area contributed by atoms with Crippen LogP contribution in [0.25, 0.3) is 0 Å². The van der Waals surface area contributed by atoms with Crippen molar-refractivity contribution in [3.63, 3.8) is 0 Å². The van der Waals surface area contributed by atoms with Gasteiger partial charge in [-0.05, 0) is 38.3 Å². The number of likely N-dealkylation sites (tertiary alicyclic amines) is 1. The minimum absolute atomic E-state index is 0.359. The molecule has 0 aromatic carbocycles. The van der Waals surface area contributed by atoms with E-state index in [-0.39, 0.29) is 0 Å². The average Bonchev–Trinajstić information content (AvgIpc) is 2.25. The van der Waals surface area contributed by atoms with Gasteiger partial charge in [0.25, 0.3) is 0 Å². The Kier molecular flexibility index (Phi) is 4.00. The van der Waals surface area contributed by atoms with Crippen LogP contribution in [0.1, 0.15) is 26.2 Å². The van der Waals surface area contributed by atoms with Gasteiger partial charge in [-0.2, -0.15) is 0 Å². The molecule has 0 aromatic heterocycles. The first-order valence-corrected chi connectivity index (χ1v) is 6.31. The molecule has 2 aliphatic heterocycles. The first-order chi connectivity index (χ1) is 7.25. The van der Waals surface area contributed by atoms with E-state index in [4.69, 9.17) is 10.5 Å². The summed E-state index contributed by atoms with van der Waals surface area (Å²) in [4.78, 5) is 2.57. The first kappa shape index (κ1) is 11.4. The highest BCUT2D eigenvalue weighted by Gasteiger charge is 2.26. The number of nitrogens with two attached hydrogens (primary N) is 1. The molecular formula is C12H24N2O. The van der Waals surface area contributed by atoms with E-state index >= 15 is 0 Å². The fourth-order valence-electron chi connectivity index (χ4n) is 2.58. The van der Waals surface area contributed by atoms with Crippen LogP contribution in [-0.4, -0.2) is 43.8 Å². The molecule has 2 N–H and O–H groups in total. The van der Waals surface area contributed by atoms with Crippen LogP contribution >= 0.6 is 0 Å². The summed E-state index contributed by atoms with van der Waals surface area (Å²) < 4.78 is 5.51. The normalized spacial score (nSPS) is 35.6. The Hall–Kier alpha value is -0.120. The zero-order valence-electron chi connectivity index (χ0n) is 9.82. The van der Waals surface area contributed by atoms with Gasteiger partial charge in [-0.15, -0.1) is 0 Å². The molecule has 0 spiro atoms. The Morgan fingerprint density at radius 1 is 1.27 bits per heavy atom. The molecule has 0 radical (unpaired) electrons. The van der Waals surface area contributed by atoms with Crippen LogP contribution in [0.4, 0.5) is 0 Å². The molecule has 2 saturated heterocycles. The van der Waals surface area contributed by atoms with Crippen LogP contribution in [0.5, 0.6) is 0 Å². The molecule has 0 amide bonds. The molecular weight excluding hydrogens is 188 g/mol. The molecule has 0 aliphatic carbocycles. The summed E-state index contributed by atoms with van der Waals surface area (Å²) in [6.07, 6.45) is 3.74. The maximum Gasteiger partial charge on any atom is 0.0521 e. The van der Waals surface area contributed by atoms with Crippen LogP contribution in [0.2, 0.25) is 0 Å². The number of hydrogen-bond acceptors (Lipinski definition) is 3. The predicted molar refractivity (Wildman–Crippen MR) is 61.7 cm³/mol. The Balaban J connectivity index is 1.75. The monoisotopic (exact) mass is 212 g/mol. The van der Waals surface area contributed by atoms with Crippen LogP contribution in [0, 0.1) is 11.8 Å². The van der Waals surface area contributed by atoms with Gasteiger partial charge in [0.05, 0.1) is 6.61 Å². The maximum atomic E-state index is 6.12. The molecule has 2 rings (SSSR count). The van der Waals surface area contributed by atoms with E-state index in [0.29, 0.717) is 12.0 Å². The van der Waals surface area contributed by atoms with Crippen molar-refractivity contribution in [2.75, 3.05) is 32.8 Å². The third-order valence-corrected chi connectivity index (χ3v) is 3.90. The largest absolute Gasteiger partial charge is 0.381 e. The van der Waals surface area contributed by atoms with Gasteiger partial charge in [-0.1, -0.05) is 6.92 Å². The van der Waals surface area contributed by atoms with E-state index in [1.165, 1.54) is 25.9 Å². The second kappa shape index (κ2) is 5.28. The van der Waals surface area contributed by atoms with Gasteiger partial charge in [0.15, 0.2) is 0 Å². The van der Waals surface area contributed by atoms with E-state index in [0.717, 1.165) is 32.1 Å². The highest BCUT2D eigenvalue weighted by Crippen LogP contribution is 2.20. The van der Waals surface area contributed by atoms with Gasteiger partial charge < -0.3 is 15.4 Å². The van der Waals surface area contributed by atoms with Crippen molar-refractivity contribution >= 4 is 0 Å². The lowest BCUT2D eigenvalue weighted by Gasteiger charge is -2.36. The maximum absolute atomic E-state index is 6.12. The molecule has 2 atom stereocenters. The third-order valence-electron chi connectivity index (χ3n) is 3.90. The summed E-state index contributed by atoms with van der Waals surface area (Å²) in [5, 5.41) is 0. The van der Waals surface area contributed by atoms with Crippen LogP contribution in [0.3, 0.4) is 0 Å². The van der Waals surface area contributed by atoms with E-state index in [1.807, 2.05) is 0 Å². The second-order valence-electron chi connectivity index (χ2n) is 5.27. The molecule has 88 valence electrons. The van der Waals surface area contributed by atoms with Gasteiger partial charge in [-0.25, -0.2) is 0 Å². The smallest absolute Gasteiger partial charge is 0.0521 e. The molecule has 3 nitrogen and oxygen atoms in total. The topological polar surface area (TPSA) is 38.5 Å². The van der Waals surface area contributed by atoms with Crippen molar-refractivity contribution in [2.24, 2.45) is 17.6 Å². The fourth-order valence-corrected chi connectivity index (χ4v) is 2.58. The molecule has 3 heteroatoms. The number of nitrogens with zero attached hydrogens (tertiary/aromatic N) is 1. The first-order valence-electron chi connectivity index (χ1n) is 6.31. The van der Waals surface area contributed by atoms with Crippen molar-refractivity contribution in [3.8, 4) is 0 Å². The molecule has 2 aliphatic rings. The van der Waals surface area contributed by atoms with Crippen LogP contribution in [-0.2, 0) is 4.74 Å². The van der Waals surface area contributed by atoms with E-state index in [9.17, 15) is 0 Å². The van der Waals surface area contributed by atoms with Crippen molar-refractivity contribution in [2.45, 2.75) is 32.2 Å². The number of piperidine rings is 1. The van der Waals surface area contributed by atoms with Gasteiger partial charge >= 0.3 is 0 Å². The molecule has 2 heterocycles. The lowest BCUT2D eigenvalue weighted by Crippen LogP contribution is -2.46. The van der Waals surface area contributed by atoms with Gasteiger partial charge in [0.1, 0.15) is 0 Å². The molecule has 0 saturated carbocycles. The summed E-state index contributed by atoms with van der Waals surface area (Å²) in [5.74, 6) is 1.48. The summed E-state index contributed by atoms with van der Waals surface area (Å²) in [6.45, 7) is 7.73. The van der Waals surface area contributed by atoms with Crippen molar-refractivity contribution < 1.29 is 4.74 Å². The molecule has 2 fully saturated rings. The SMILES string of the molecule is CC1CCN(CC2COCCC2N)CC1. The number of rotatable bonds is 2. The Morgan fingerprint density at radius 3 is 2.67 bits per heavy atom. The Labute approximate surface area is 93.0 Å². The summed E-state index contributed by atoms with van der Waals surface area (Å²) in [6, 6.07) is 0.359. The standard InChI is InChI=1S/C12H24N2O/c1-10-2-5-14(6-3-10)8-11-9-15-7-4-12(11)13/h10-12H,2-9,13H2,1H3. The minimum Gasteiger partial charge on any atom is -0.381 e. The lowest BCUT2D eigenvalue weighted by atomic mass is 9.93. The Morgan fingerprint density at radius 2 is 2.00 bits per heavy atom. The summed E-state index contributed by atoms with van der Waals surface area (Å²) >= 11 is 0. The fraction of sp³-hybridized carbons (Fsp3) is 1.00. The summed E-state index contributed by atoms with van der Waals surface area (Å²) in [5.41, 5.74) is 6.12. The second-order valence-corrected chi connectivity index (χ2v) is 5.27. The van der Waals surface area contributed by atoms with Crippen LogP contribution in [0.15, 0.2) is 0 Å². The van der Waals surface area contributed by atoms with E-state index in [1.54, 1.807) is 0 Å². The molecule has 2 unspecified atom stereocenters. The quantitative estimate of drug-likeness (QED) is 0.744. The zero-order chi connectivity index (χ0) is 10.7. The molecule has 0 aromatic rings. The third kappa shape index (κ3) is 3.16. The highest BCUT2D eigenvalue weighted by atomic mass is 16.5. The Bertz CT molecular complexity index is 190. The number of hydrogen-bond donors (Lipinski definition) is 1. The van der Waals surface area contributed by atoms with Gasteiger partial charge in [0, 0.05) is 25.1 Å². The predicted octanol–water partition coefficient (Wildman–Crippen LogP) is 1.08. The van der Waals surface area contributed by atoms with E-state index < -0.39 is 0 Å². The summed E-state index contributed by atoms with van der Waals surface area (Å²) in [7, 11) is 0. The molecule has 0 bridgehead atoms. The minimum atomic E-state index is 0.359. The van der Waals surface area contributed by atoms with Crippen molar-refractivity contribution in [1.82, 2.24) is 4.90 Å². The van der Waals surface area contributed by atoms with Crippen molar-refractivity contribution in [1.29, 1.82) is 0 Å². The lowest BCUT2D eigenvalue weighted by molar-refractivity contribution is 0.0213.